The highest BCUT2D eigenvalue weighted by molar-refractivity contribution is 6.29. The fourth-order valence-electron chi connectivity index (χ4n) is 2.23. The van der Waals surface area contributed by atoms with Crippen LogP contribution in [0, 0.1) is 5.92 Å². The molecule has 0 aromatic carbocycles. The van der Waals surface area contributed by atoms with Crippen LogP contribution in [0.3, 0.4) is 0 Å². The van der Waals surface area contributed by atoms with Crippen LogP contribution >= 0.6 is 11.6 Å². The molecule has 5 heteroatoms. The monoisotopic (exact) mass is 255 g/mol. The Balaban J connectivity index is 1.86. The summed E-state index contributed by atoms with van der Waals surface area (Å²) in [6.45, 7) is 2.95. The molecule has 1 saturated heterocycles. The van der Waals surface area contributed by atoms with Crippen molar-refractivity contribution in [3.8, 4) is 0 Å². The fourth-order valence-corrected chi connectivity index (χ4v) is 2.37. The lowest BCUT2D eigenvalue weighted by Gasteiger charge is -2.32. The molecule has 1 fully saturated rings. The molecule has 2 rings (SSSR count). The number of methoxy groups -OCH3 is 1. The van der Waals surface area contributed by atoms with Gasteiger partial charge in [0.1, 0.15) is 17.3 Å². The van der Waals surface area contributed by atoms with Crippen LogP contribution in [-0.4, -0.2) is 36.8 Å². The molecular weight excluding hydrogens is 238 g/mol. The highest BCUT2D eigenvalue weighted by Gasteiger charge is 2.19. The van der Waals surface area contributed by atoms with E-state index in [1.165, 1.54) is 19.2 Å². The Kier molecular flexibility index (Phi) is 4.57. The van der Waals surface area contributed by atoms with Crippen LogP contribution in [-0.2, 0) is 4.74 Å². The van der Waals surface area contributed by atoms with Gasteiger partial charge < -0.3 is 9.64 Å². The van der Waals surface area contributed by atoms with E-state index in [2.05, 4.69) is 14.9 Å². The van der Waals surface area contributed by atoms with Crippen molar-refractivity contribution in [1.82, 2.24) is 9.97 Å². The molecule has 0 spiro atoms. The number of piperidine rings is 1. The van der Waals surface area contributed by atoms with Crippen molar-refractivity contribution in [3.05, 3.63) is 17.5 Å². The molecule has 17 heavy (non-hydrogen) atoms. The zero-order chi connectivity index (χ0) is 12.1. The van der Waals surface area contributed by atoms with Crippen LogP contribution in [0.1, 0.15) is 19.3 Å². The molecule has 1 aromatic rings. The van der Waals surface area contributed by atoms with E-state index in [9.17, 15) is 0 Å². The smallest absolute Gasteiger partial charge is 0.134 e. The SMILES string of the molecule is COCCC1CCN(c2cc(Cl)ncn2)CC1. The Labute approximate surface area is 107 Å². The quantitative estimate of drug-likeness (QED) is 0.775. The molecule has 0 aliphatic carbocycles. The van der Waals surface area contributed by atoms with Crippen molar-refractivity contribution in [2.24, 2.45) is 5.92 Å². The summed E-state index contributed by atoms with van der Waals surface area (Å²) in [6.07, 6.45) is 5.08. The van der Waals surface area contributed by atoms with Gasteiger partial charge in [-0.05, 0) is 25.2 Å². The molecule has 4 nitrogen and oxygen atoms in total. The van der Waals surface area contributed by atoms with Gasteiger partial charge in [-0.2, -0.15) is 0 Å². The largest absolute Gasteiger partial charge is 0.385 e. The summed E-state index contributed by atoms with van der Waals surface area (Å²) in [5, 5.41) is 0.511. The van der Waals surface area contributed by atoms with E-state index in [-0.39, 0.29) is 0 Å². The Hall–Kier alpha value is -0.870. The number of rotatable bonds is 4. The number of anilines is 1. The second-order valence-corrected chi connectivity index (χ2v) is 4.80. The molecular formula is C12H18ClN3O. The van der Waals surface area contributed by atoms with E-state index in [0.717, 1.165) is 37.9 Å². The van der Waals surface area contributed by atoms with Crippen molar-refractivity contribution >= 4 is 17.4 Å². The van der Waals surface area contributed by atoms with Crippen LogP contribution < -0.4 is 4.90 Å². The maximum absolute atomic E-state index is 5.87. The average molecular weight is 256 g/mol. The molecule has 0 unspecified atom stereocenters. The van der Waals surface area contributed by atoms with Crippen LogP contribution in [0.15, 0.2) is 12.4 Å². The van der Waals surface area contributed by atoms with E-state index >= 15 is 0 Å². The van der Waals surface area contributed by atoms with E-state index in [1.54, 1.807) is 7.11 Å². The summed E-state index contributed by atoms with van der Waals surface area (Å²) < 4.78 is 5.12. The van der Waals surface area contributed by atoms with E-state index in [1.807, 2.05) is 6.07 Å². The number of ether oxygens (including phenoxy) is 1. The summed E-state index contributed by atoms with van der Waals surface area (Å²) in [5.74, 6) is 1.72. The van der Waals surface area contributed by atoms with Gasteiger partial charge in [-0.15, -0.1) is 0 Å². The molecule has 94 valence electrons. The summed E-state index contributed by atoms with van der Waals surface area (Å²) >= 11 is 5.87. The van der Waals surface area contributed by atoms with E-state index in [4.69, 9.17) is 16.3 Å². The lowest BCUT2D eigenvalue weighted by molar-refractivity contribution is 0.170. The third kappa shape index (κ3) is 3.54. The highest BCUT2D eigenvalue weighted by Crippen LogP contribution is 2.24. The summed E-state index contributed by atoms with van der Waals surface area (Å²) in [7, 11) is 1.76. The minimum absolute atomic E-state index is 0.511. The lowest BCUT2D eigenvalue weighted by atomic mass is 9.94. The summed E-state index contributed by atoms with van der Waals surface area (Å²) in [6, 6.07) is 1.83. The van der Waals surface area contributed by atoms with Crippen LogP contribution in [0.25, 0.3) is 0 Å². The molecule has 1 aromatic heterocycles. The van der Waals surface area contributed by atoms with Gasteiger partial charge >= 0.3 is 0 Å². The van der Waals surface area contributed by atoms with Gasteiger partial charge in [-0.1, -0.05) is 11.6 Å². The fraction of sp³-hybridized carbons (Fsp3) is 0.667. The summed E-state index contributed by atoms with van der Waals surface area (Å²) in [5.41, 5.74) is 0. The minimum atomic E-state index is 0.511. The van der Waals surface area contributed by atoms with Gasteiger partial charge in [0.05, 0.1) is 0 Å². The predicted molar refractivity (Wildman–Crippen MR) is 68.5 cm³/mol. The number of halogens is 1. The molecule has 1 aliphatic heterocycles. The Bertz CT molecular complexity index is 353. The van der Waals surface area contributed by atoms with Gasteiger partial charge in [-0.3, -0.25) is 0 Å². The second-order valence-electron chi connectivity index (χ2n) is 4.41. The van der Waals surface area contributed by atoms with Gasteiger partial charge in [0.2, 0.25) is 0 Å². The van der Waals surface area contributed by atoms with E-state index in [0.29, 0.717) is 5.15 Å². The molecule has 1 aliphatic rings. The van der Waals surface area contributed by atoms with Gasteiger partial charge in [0.15, 0.2) is 0 Å². The molecule has 0 bridgehead atoms. The Morgan fingerprint density at radius 3 is 2.82 bits per heavy atom. The number of aromatic nitrogens is 2. The van der Waals surface area contributed by atoms with Gasteiger partial charge in [-0.25, -0.2) is 9.97 Å². The van der Waals surface area contributed by atoms with Gasteiger partial charge in [0.25, 0.3) is 0 Å². The third-order valence-electron chi connectivity index (χ3n) is 3.29. The maximum Gasteiger partial charge on any atom is 0.134 e. The average Bonchev–Trinajstić information content (AvgIpc) is 2.37. The first-order chi connectivity index (χ1) is 8.29. The molecule has 0 atom stereocenters. The van der Waals surface area contributed by atoms with Crippen molar-refractivity contribution in [1.29, 1.82) is 0 Å². The molecule has 0 saturated carbocycles. The first-order valence-electron chi connectivity index (χ1n) is 6.01. The van der Waals surface area contributed by atoms with Gasteiger partial charge in [0, 0.05) is 32.9 Å². The first kappa shape index (κ1) is 12.6. The topological polar surface area (TPSA) is 38.2 Å². The Morgan fingerprint density at radius 2 is 2.18 bits per heavy atom. The van der Waals surface area contributed by atoms with Crippen molar-refractivity contribution in [2.45, 2.75) is 19.3 Å². The number of hydrogen-bond donors (Lipinski definition) is 0. The first-order valence-corrected chi connectivity index (χ1v) is 6.39. The zero-order valence-electron chi connectivity index (χ0n) is 10.1. The van der Waals surface area contributed by atoms with E-state index < -0.39 is 0 Å². The number of hydrogen-bond acceptors (Lipinski definition) is 4. The maximum atomic E-state index is 5.87. The second kappa shape index (κ2) is 6.17. The highest BCUT2D eigenvalue weighted by atomic mass is 35.5. The third-order valence-corrected chi connectivity index (χ3v) is 3.49. The molecule has 0 amide bonds. The Morgan fingerprint density at radius 1 is 1.41 bits per heavy atom. The number of nitrogens with zero attached hydrogens (tertiary/aromatic N) is 3. The van der Waals surface area contributed by atoms with Crippen LogP contribution in [0.2, 0.25) is 5.15 Å². The minimum Gasteiger partial charge on any atom is -0.385 e. The molecule has 0 radical (unpaired) electrons. The summed E-state index contributed by atoms with van der Waals surface area (Å²) in [4.78, 5) is 10.4. The van der Waals surface area contributed by atoms with Crippen molar-refractivity contribution in [3.63, 3.8) is 0 Å². The van der Waals surface area contributed by atoms with Crippen molar-refractivity contribution < 1.29 is 4.74 Å². The van der Waals surface area contributed by atoms with Crippen LogP contribution in [0.5, 0.6) is 0 Å². The normalized spacial score (nSPS) is 17.4. The van der Waals surface area contributed by atoms with Crippen LogP contribution in [0.4, 0.5) is 5.82 Å². The zero-order valence-corrected chi connectivity index (χ0v) is 10.9. The lowest BCUT2D eigenvalue weighted by Crippen LogP contribution is -2.34. The standard InChI is InChI=1S/C12H18ClN3O/c1-17-7-4-10-2-5-16(6-3-10)12-8-11(13)14-9-15-12/h8-10H,2-7H2,1H3. The molecule has 0 N–H and O–H groups in total. The van der Waals surface area contributed by atoms with Crippen molar-refractivity contribution in [2.75, 3.05) is 31.7 Å². The predicted octanol–water partition coefficient (Wildman–Crippen LogP) is 2.38. The molecule has 2 heterocycles.